The Hall–Kier alpha value is -3.33. The van der Waals surface area contributed by atoms with E-state index in [4.69, 9.17) is 0 Å². The Morgan fingerprint density at radius 1 is 1.03 bits per heavy atom. The molecular formula is C25H28N6O2S. The molecule has 0 bridgehead atoms. The zero-order valence-electron chi connectivity index (χ0n) is 19.5. The second-order valence-corrected chi connectivity index (χ2v) is 9.69. The fraction of sp³-hybridized carbons (Fsp3) is 0.360. The average Bonchev–Trinajstić information content (AvgIpc) is 3.57. The molecule has 3 aromatic rings. The fourth-order valence-corrected chi connectivity index (χ4v) is 5.28. The third-order valence-electron chi connectivity index (χ3n) is 6.27. The minimum absolute atomic E-state index is 0.0397. The Morgan fingerprint density at radius 2 is 1.79 bits per heavy atom. The number of aromatic nitrogens is 3. The number of anilines is 3. The van der Waals surface area contributed by atoms with Crippen LogP contribution in [0, 0.1) is 6.92 Å². The first-order valence-electron chi connectivity index (χ1n) is 11.6. The molecule has 1 N–H and O–H groups in total. The maximum Gasteiger partial charge on any atom is 0.234 e. The molecule has 2 amide bonds. The van der Waals surface area contributed by atoms with Gasteiger partial charge in [0.15, 0.2) is 5.16 Å². The van der Waals surface area contributed by atoms with Crippen molar-refractivity contribution >= 4 is 40.9 Å². The molecule has 0 unspecified atom stereocenters. The maximum atomic E-state index is 12.7. The first kappa shape index (κ1) is 22.5. The van der Waals surface area contributed by atoms with E-state index in [1.54, 1.807) is 11.8 Å². The zero-order chi connectivity index (χ0) is 23.7. The highest BCUT2D eigenvalue weighted by molar-refractivity contribution is 7.99. The first-order chi connectivity index (χ1) is 16.5. The van der Waals surface area contributed by atoms with Gasteiger partial charge in [-0.3, -0.25) is 14.2 Å². The predicted molar refractivity (Wildman–Crippen MR) is 135 cm³/mol. The Balaban J connectivity index is 1.30. The van der Waals surface area contributed by atoms with Crippen LogP contribution in [-0.2, 0) is 16.0 Å². The first-order valence-corrected chi connectivity index (χ1v) is 12.6. The van der Waals surface area contributed by atoms with Gasteiger partial charge in [-0.25, -0.2) is 0 Å². The normalized spacial score (nSPS) is 15.0. The molecule has 176 valence electrons. The van der Waals surface area contributed by atoms with Crippen LogP contribution in [0.15, 0.2) is 47.6 Å². The van der Waals surface area contributed by atoms with Crippen molar-refractivity contribution in [2.45, 2.75) is 38.3 Å². The number of benzene rings is 2. The van der Waals surface area contributed by atoms with Crippen LogP contribution in [0.4, 0.5) is 17.3 Å². The minimum Gasteiger partial charge on any atom is -0.341 e. The van der Waals surface area contributed by atoms with Crippen LogP contribution in [0.5, 0.6) is 0 Å². The number of hydrogen-bond acceptors (Lipinski definition) is 6. The van der Waals surface area contributed by atoms with Crippen molar-refractivity contribution in [3.05, 3.63) is 53.6 Å². The van der Waals surface area contributed by atoms with Crippen molar-refractivity contribution in [1.82, 2.24) is 14.8 Å². The third kappa shape index (κ3) is 4.52. The third-order valence-corrected chi connectivity index (χ3v) is 7.20. The topological polar surface area (TPSA) is 83.4 Å². The van der Waals surface area contributed by atoms with Crippen molar-refractivity contribution in [3.8, 4) is 5.69 Å². The molecule has 2 aromatic carbocycles. The number of nitrogens with one attached hydrogen (secondary N) is 1. The smallest absolute Gasteiger partial charge is 0.234 e. The molecule has 2 aliphatic rings. The zero-order valence-corrected chi connectivity index (χ0v) is 20.3. The molecule has 0 saturated carbocycles. The lowest BCUT2D eigenvalue weighted by Gasteiger charge is -2.18. The number of carbonyl (C=O) groups is 2. The predicted octanol–water partition coefficient (Wildman–Crippen LogP) is 3.82. The van der Waals surface area contributed by atoms with Crippen LogP contribution >= 0.6 is 11.8 Å². The summed E-state index contributed by atoms with van der Waals surface area (Å²) in [5.41, 5.74) is 4.94. The highest BCUT2D eigenvalue weighted by Gasteiger charge is 2.24. The summed E-state index contributed by atoms with van der Waals surface area (Å²) in [6, 6.07) is 14.0. The summed E-state index contributed by atoms with van der Waals surface area (Å²) >= 11 is 1.38. The monoisotopic (exact) mass is 476 g/mol. The van der Waals surface area contributed by atoms with E-state index in [0.717, 1.165) is 60.9 Å². The van der Waals surface area contributed by atoms with E-state index in [0.29, 0.717) is 11.7 Å². The van der Waals surface area contributed by atoms with Crippen molar-refractivity contribution in [2.24, 2.45) is 0 Å². The van der Waals surface area contributed by atoms with Gasteiger partial charge in [0.2, 0.25) is 17.8 Å². The summed E-state index contributed by atoms with van der Waals surface area (Å²) in [6.45, 7) is 6.26. The molecule has 1 fully saturated rings. The van der Waals surface area contributed by atoms with Gasteiger partial charge in [0.1, 0.15) is 0 Å². The number of fused-ring (bicyclic) bond motifs is 1. The van der Waals surface area contributed by atoms with Gasteiger partial charge in [-0.15, -0.1) is 10.2 Å². The maximum absolute atomic E-state index is 12.7. The van der Waals surface area contributed by atoms with Crippen molar-refractivity contribution in [2.75, 3.05) is 40.5 Å². The van der Waals surface area contributed by atoms with Crippen LogP contribution in [0.1, 0.15) is 30.9 Å². The van der Waals surface area contributed by atoms with Gasteiger partial charge in [-0.2, -0.15) is 0 Å². The molecule has 1 aromatic heterocycles. The van der Waals surface area contributed by atoms with E-state index in [-0.39, 0.29) is 17.6 Å². The van der Waals surface area contributed by atoms with Gasteiger partial charge in [-0.1, -0.05) is 29.5 Å². The Bertz CT molecular complexity index is 1220. The lowest BCUT2D eigenvalue weighted by molar-refractivity contribution is -0.116. The highest BCUT2D eigenvalue weighted by Crippen LogP contribution is 2.31. The average molecular weight is 477 g/mol. The molecule has 5 rings (SSSR count). The standard InChI is InChI=1S/C25H28N6O2S/c1-17-5-8-21(9-6-17)31-24(29-12-3-4-13-29)27-28-25(31)34-16-23(33)26-20-7-10-22-19(15-20)11-14-30(22)18(2)32/h5-10,15H,3-4,11-14,16H2,1-2H3,(H,26,33). The summed E-state index contributed by atoms with van der Waals surface area (Å²) in [7, 11) is 0. The molecular weight excluding hydrogens is 448 g/mol. The summed E-state index contributed by atoms with van der Waals surface area (Å²) in [5.74, 6) is 0.990. The summed E-state index contributed by atoms with van der Waals surface area (Å²) < 4.78 is 2.05. The van der Waals surface area contributed by atoms with E-state index >= 15 is 0 Å². The molecule has 9 heteroatoms. The van der Waals surface area contributed by atoms with Gasteiger partial charge in [0.25, 0.3) is 0 Å². The van der Waals surface area contributed by atoms with Crippen molar-refractivity contribution in [3.63, 3.8) is 0 Å². The van der Waals surface area contributed by atoms with E-state index in [2.05, 4.69) is 56.2 Å². The number of aryl methyl sites for hydroxylation is 1. The van der Waals surface area contributed by atoms with Crippen LogP contribution in [-0.4, -0.2) is 52.0 Å². The van der Waals surface area contributed by atoms with E-state index in [9.17, 15) is 9.59 Å². The van der Waals surface area contributed by atoms with Gasteiger partial charge < -0.3 is 15.1 Å². The van der Waals surface area contributed by atoms with Gasteiger partial charge >= 0.3 is 0 Å². The number of carbonyl (C=O) groups excluding carboxylic acids is 2. The fourth-order valence-electron chi connectivity index (χ4n) is 4.53. The van der Waals surface area contributed by atoms with Crippen LogP contribution < -0.4 is 15.1 Å². The Kier molecular flexibility index (Phi) is 6.28. The number of thioether (sulfide) groups is 1. The summed E-state index contributed by atoms with van der Waals surface area (Å²) in [6.07, 6.45) is 3.10. The molecule has 2 aliphatic heterocycles. The lowest BCUT2D eigenvalue weighted by atomic mass is 10.1. The van der Waals surface area contributed by atoms with E-state index in [1.807, 2.05) is 18.2 Å². The van der Waals surface area contributed by atoms with Gasteiger partial charge in [0.05, 0.1) is 11.4 Å². The molecule has 0 spiro atoms. The van der Waals surface area contributed by atoms with E-state index < -0.39 is 0 Å². The molecule has 8 nitrogen and oxygen atoms in total. The van der Waals surface area contributed by atoms with Gasteiger partial charge in [0, 0.05) is 37.9 Å². The Morgan fingerprint density at radius 3 is 2.53 bits per heavy atom. The van der Waals surface area contributed by atoms with E-state index in [1.165, 1.54) is 17.3 Å². The highest BCUT2D eigenvalue weighted by atomic mass is 32.2. The molecule has 0 atom stereocenters. The molecule has 1 saturated heterocycles. The van der Waals surface area contributed by atoms with Crippen molar-refractivity contribution < 1.29 is 9.59 Å². The molecule has 3 heterocycles. The van der Waals surface area contributed by atoms with Crippen LogP contribution in [0.3, 0.4) is 0 Å². The molecule has 0 aliphatic carbocycles. The molecule has 0 radical (unpaired) electrons. The Labute approximate surface area is 203 Å². The van der Waals surface area contributed by atoms with Crippen LogP contribution in [0.2, 0.25) is 0 Å². The second kappa shape index (κ2) is 9.50. The van der Waals surface area contributed by atoms with Crippen LogP contribution in [0.25, 0.3) is 5.69 Å². The minimum atomic E-state index is -0.104. The number of rotatable bonds is 6. The molecule has 34 heavy (non-hydrogen) atoms. The number of hydrogen-bond donors (Lipinski definition) is 1. The second-order valence-electron chi connectivity index (χ2n) is 8.75. The SMILES string of the molecule is CC(=O)N1CCc2cc(NC(=O)CSc3nnc(N4CCCC4)n3-c3ccc(C)cc3)ccc21. The number of amides is 2. The summed E-state index contributed by atoms with van der Waals surface area (Å²) in [5, 5.41) is 12.6. The largest absolute Gasteiger partial charge is 0.341 e. The quantitative estimate of drug-likeness (QED) is 0.545. The number of nitrogens with zero attached hydrogens (tertiary/aromatic N) is 5. The van der Waals surface area contributed by atoms with Crippen molar-refractivity contribution in [1.29, 1.82) is 0 Å². The lowest BCUT2D eigenvalue weighted by Crippen LogP contribution is -2.25. The summed E-state index contributed by atoms with van der Waals surface area (Å²) in [4.78, 5) is 28.5. The van der Waals surface area contributed by atoms with Gasteiger partial charge in [-0.05, 0) is 62.1 Å².